The van der Waals surface area contributed by atoms with Crippen molar-refractivity contribution in [1.29, 1.82) is 0 Å². The Bertz CT molecular complexity index is 74.9. The summed E-state index contributed by atoms with van der Waals surface area (Å²) in [6, 6.07) is 0. The molecule has 11 heavy (non-hydrogen) atoms. The number of unbranched alkanes of at least 4 members (excludes halogenated alkanes) is 2. The topological polar surface area (TPSA) is 17.1 Å². The molecule has 0 aliphatic carbocycles. The van der Waals surface area contributed by atoms with E-state index in [0.29, 0.717) is 5.78 Å². The summed E-state index contributed by atoms with van der Waals surface area (Å²) in [7, 11) is 0. The summed E-state index contributed by atoms with van der Waals surface area (Å²) < 4.78 is 0. The van der Waals surface area contributed by atoms with Gasteiger partial charge in [-0.15, -0.1) is 0 Å². The molecule has 0 radical (unpaired) electrons. The van der Waals surface area contributed by atoms with E-state index in [1.807, 2.05) is 0 Å². The monoisotopic (exact) mass is 158 g/mol. The van der Waals surface area contributed by atoms with Crippen molar-refractivity contribution in [3.05, 3.63) is 0 Å². The molecule has 0 unspecified atom stereocenters. The van der Waals surface area contributed by atoms with Gasteiger partial charge in [0, 0.05) is 6.42 Å². The van der Waals surface area contributed by atoms with Gasteiger partial charge in [0.15, 0.2) is 0 Å². The van der Waals surface area contributed by atoms with Gasteiger partial charge in [-0.2, -0.15) is 0 Å². The first-order valence-corrected chi connectivity index (χ1v) is 4.68. The van der Waals surface area contributed by atoms with E-state index in [1.165, 1.54) is 12.8 Å². The van der Waals surface area contributed by atoms with E-state index in [1.54, 1.807) is 6.92 Å². The molecular formula is C10H22O. The van der Waals surface area contributed by atoms with E-state index in [0.717, 1.165) is 19.3 Å². The van der Waals surface area contributed by atoms with Gasteiger partial charge in [0.05, 0.1) is 0 Å². The van der Waals surface area contributed by atoms with Gasteiger partial charge in [0.25, 0.3) is 0 Å². The third-order valence-corrected chi connectivity index (χ3v) is 1.38. The van der Waals surface area contributed by atoms with Gasteiger partial charge >= 0.3 is 0 Å². The average molecular weight is 158 g/mol. The minimum atomic E-state index is 0.307. The number of hydrogen-bond acceptors (Lipinski definition) is 1. The molecule has 0 saturated heterocycles. The highest BCUT2D eigenvalue weighted by molar-refractivity contribution is 5.75. The summed E-state index contributed by atoms with van der Waals surface area (Å²) in [4.78, 5) is 10.2. The van der Waals surface area contributed by atoms with Crippen LogP contribution in [-0.2, 0) is 4.79 Å². The van der Waals surface area contributed by atoms with Crippen LogP contribution >= 0.6 is 0 Å². The lowest BCUT2D eigenvalue weighted by Crippen LogP contribution is -1.86. The number of rotatable bonds is 4. The Labute approximate surface area is 71.2 Å². The van der Waals surface area contributed by atoms with Crippen molar-refractivity contribution >= 4 is 5.78 Å². The van der Waals surface area contributed by atoms with Crippen LogP contribution in [0.15, 0.2) is 0 Å². The van der Waals surface area contributed by atoms with Crippen molar-refractivity contribution in [3.63, 3.8) is 0 Å². The van der Waals surface area contributed by atoms with E-state index >= 15 is 0 Å². The molecule has 0 aliphatic heterocycles. The van der Waals surface area contributed by atoms with Crippen LogP contribution in [0.4, 0.5) is 0 Å². The molecule has 0 spiro atoms. The zero-order valence-corrected chi connectivity index (χ0v) is 8.44. The molecule has 0 aromatic carbocycles. The van der Waals surface area contributed by atoms with Gasteiger partial charge in [0.1, 0.15) is 5.78 Å². The fraction of sp³-hybridized carbons (Fsp3) is 0.900. The molecule has 0 saturated carbocycles. The Hall–Kier alpha value is -0.330. The lowest BCUT2D eigenvalue weighted by molar-refractivity contribution is -0.117. The van der Waals surface area contributed by atoms with Gasteiger partial charge in [0.2, 0.25) is 0 Å². The maximum atomic E-state index is 10.2. The average Bonchev–Trinajstić information content (AvgIpc) is 2.01. The second-order valence-corrected chi connectivity index (χ2v) is 2.81. The van der Waals surface area contributed by atoms with Crippen molar-refractivity contribution in [1.82, 2.24) is 0 Å². The molecule has 1 nitrogen and oxygen atoms in total. The van der Waals surface area contributed by atoms with E-state index in [2.05, 4.69) is 20.8 Å². The molecule has 0 N–H and O–H groups in total. The lowest BCUT2D eigenvalue weighted by atomic mass is 10.2. The molecule has 0 aromatic heterocycles. The Morgan fingerprint density at radius 2 is 1.45 bits per heavy atom. The predicted octanol–water partition coefficient (Wildman–Crippen LogP) is 3.57. The summed E-state index contributed by atoms with van der Waals surface area (Å²) in [5, 5.41) is 0. The third-order valence-electron chi connectivity index (χ3n) is 1.38. The number of Topliss-reactive ketones (excluding diaryl/α,β-unsaturated/α-hetero) is 1. The van der Waals surface area contributed by atoms with Crippen LogP contribution in [0.5, 0.6) is 0 Å². The van der Waals surface area contributed by atoms with Gasteiger partial charge in [-0.1, -0.05) is 40.0 Å². The maximum absolute atomic E-state index is 10.2. The predicted molar refractivity (Wildman–Crippen MR) is 50.8 cm³/mol. The summed E-state index contributed by atoms with van der Waals surface area (Å²) in [5.41, 5.74) is 0. The zero-order valence-electron chi connectivity index (χ0n) is 8.44. The van der Waals surface area contributed by atoms with Crippen LogP contribution in [0.25, 0.3) is 0 Å². The molecule has 1 heteroatoms. The number of carbonyl (C=O) groups excluding carboxylic acids is 1. The smallest absolute Gasteiger partial charge is 0.129 e. The van der Waals surface area contributed by atoms with Gasteiger partial charge in [-0.25, -0.2) is 0 Å². The third kappa shape index (κ3) is 26.1. The van der Waals surface area contributed by atoms with E-state index in [9.17, 15) is 4.79 Å². The maximum Gasteiger partial charge on any atom is 0.129 e. The van der Waals surface area contributed by atoms with Crippen molar-refractivity contribution < 1.29 is 4.79 Å². The van der Waals surface area contributed by atoms with Crippen LogP contribution in [0.1, 0.15) is 59.8 Å². The molecule has 0 heterocycles. The highest BCUT2D eigenvalue weighted by Crippen LogP contribution is 1.92. The SMILES string of the molecule is CCCC.CCCCC(C)=O. The normalized spacial score (nSPS) is 8.36. The molecule has 0 amide bonds. The minimum absolute atomic E-state index is 0.307. The Balaban J connectivity index is 0. The van der Waals surface area contributed by atoms with E-state index in [4.69, 9.17) is 0 Å². The highest BCUT2D eigenvalue weighted by atomic mass is 16.1. The first kappa shape index (κ1) is 13.3. The molecule has 68 valence electrons. The van der Waals surface area contributed by atoms with E-state index < -0.39 is 0 Å². The molecule has 0 atom stereocenters. The molecule has 0 aliphatic rings. The number of carbonyl (C=O) groups is 1. The van der Waals surface area contributed by atoms with E-state index in [-0.39, 0.29) is 0 Å². The summed E-state index contributed by atoms with van der Waals surface area (Å²) >= 11 is 0. The van der Waals surface area contributed by atoms with Crippen LogP contribution in [-0.4, -0.2) is 5.78 Å². The molecule has 0 fully saturated rings. The summed E-state index contributed by atoms with van der Waals surface area (Å²) in [6.07, 6.45) is 5.57. The van der Waals surface area contributed by atoms with Crippen molar-refractivity contribution in [3.8, 4) is 0 Å². The quantitative estimate of drug-likeness (QED) is 0.611. The standard InChI is InChI=1S/C6H12O.C4H10/c1-3-4-5-6(2)7;1-3-4-2/h3-5H2,1-2H3;3-4H2,1-2H3. The summed E-state index contributed by atoms with van der Waals surface area (Å²) in [5.74, 6) is 0.307. The second kappa shape index (κ2) is 12.4. The lowest BCUT2D eigenvalue weighted by Gasteiger charge is -1.86. The Morgan fingerprint density at radius 3 is 1.55 bits per heavy atom. The van der Waals surface area contributed by atoms with Crippen molar-refractivity contribution in [2.75, 3.05) is 0 Å². The Kier molecular flexibility index (Phi) is 14.9. The number of ketones is 1. The Morgan fingerprint density at radius 1 is 1.00 bits per heavy atom. The van der Waals surface area contributed by atoms with Crippen LogP contribution in [0.3, 0.4) is 0 Å². The summed E-state index contributed by atoms with van der Waals surface area (Å²) in [6.45, 7) is 8.08. The van der Waals surface area contributed by atoms with Crippen molar-refractivity contribution in [2.45, 2.75) is 59.8 Å². The molecular weight excluding hydrogens is 136 g/mol. The largest absolute Gasteiger partial charge is 0.300 e. The second-order valence-electron chi connectivity index (χ2n) is 2.81. The fourth-order valence-corrected chi connectivity index (χ4v) is 0.426. The zero-order chi connectivity index (χ0) is 9.11. The number of hydrogen-bond donors (Lipinski definition) is 0. The van der Waals surface area contributed by atoms with Gasteiger partial charge < -0.3 is 4.79 Å². The first-order chi connectivity index (χ1) is 5.18. The highest BCUT2D eigenvalue weighted by Gasteiger charge is 1.87. The molecule has 0 bridgehead atoms. The fourth-order valence-electron chi connectivity index (χ4n) is 0.426. The van der Waals surface area contributed by atoms with Crippen molar-refractivity contribution in [2.24, 2.45) is 0 Å². The molecule has 0 rings (SSSR count). The van der Waals surface area contributed by atoms with Gasteiger partial charge in [-0.3, -0.25) is 0 Å². The minimum Gasteiger partial charge on any atom is -0.300 e. The molecule has 0 aromatic rings. The van der Waals surface area contributed by atoms with Gasteiger partial charge in [-0.05, 0) is 13.3 Å². The first-order valence-electron chi connectivity index (χ1n) is 4.68. The van der Waals surface area contributed by atoms with Crippen LogP contribution < -0.4 is 0 Å². The van der Waals surface area contributed by atoms with Crippen LogP contribution in [0.2, 0.25) is 0 Å². The van der Waals surface area contributed by atoms with Crippen LogP contribution in [0, 0.1) is 0 Å².